The zero-order valence-corrected chi connectivity index (χ0v) is 11.4. The highest BCUT2D eigenvalue weighted by Crippen LogP contribution is 2.70. The summed E-state index contributed by atoms with van der Waals surface area (Å²) < 4.78 is -0.0788. The van der Waals surface area contributed by atoms with Crippen molar-refractivity contribution >= 4 is 17.7 Å². The van der Waals surface area contributed by atoms with E-state index in [0.29, 0.717) is 11.8 Å². The van der Waals surface area contributed by atoms with Crippen molar-refractivity contribution < 1.29 is 4.79 Å². The number of nitrogens with zero attached hydrogens (tertiary/aromatic N) is 1. The molecule has 2 bridgehead atoms. The van der Waals surface area contributed by atoms with Gasteiger partial charge in [-0.25, -0.2) is 0 Å². The second-order valence-corrected chi connectivity index (χ2v) is 7.41. The average molecular weight is 259 g/mol. The third-order valence-corrected chi connectivity index (χ3v) is 7.16. The van der Waals surface area contributed by atoms with Crippen LogP contribution in [0.3, 0.4) is 0 Å². The number of likely N-dealkylation sites (tertiary alicyclic amines) is 1. The molecule has 0 aromatic heterocycles. The number of piperidine rings is 1. The number of hydrogen-bond acceptors (Lipinski definition) is 2. The quantitative estimate of drug-likeness (QED) is 0.773. The number of carbonyl (C=O) groups is 1. The zero-order chi connectivity index (χ0) is 12.4. The number of rotatable bonds is 1. The van der Waals surface area contributed by atoms with Crippen molar-refractivity contribution in [3.8, 4) is 0 Å². The lowest BCUT2D eigenvalue weighted by Gasteiger charge is -2.38. The molecule has 2 aliphatic heterocycles. The number of benzene rings is 1. The monoisotopic (exact) mass is 259 g/mol. The molecule has 3 aliphatic rings. The lowest BCUT2D eigenvalue weighted by Crippen LogP contribution is -2.49. The number of hydrogen-bond donors (Lipinski definition) is 0. The van der Waals surface area contributed by atoms with Gasteiger partial charge in [0.2, 0.25) is 5.91 Å². The number of amides is 1. The lowest BCUT2D eigenvalue weighted by molar-refractivity contribution is -0.138. The Balaban J connectivity index is 1.86. The Hall–Kier alpha value is -0.960. The van der Waals surface area contributed by atoms with E-state index < -0.39 is 0 Å². The van der Waals surface area contributed by atoms with Crippen LogP contribution in [0.4, 0.5) is 0 Å². The Bertz CT molecular complexity index is 516. The minimum absolute atomic E-state index is 0.0788. The fourth-order valence-electron chi connectivity index (χ4n) is 4.17. The van der Waals surface area contributed by atoms with E-state index in [1.807, 2.05) is 29.8 Å². The third kappa shape index (κ3) is 1.05. The molecule has 4 rings (SSSR count). The van der Waals surface area contributed by atoms with Gasteiger partial charge in [0.05, 0.1) is 0 Å². The smallest absolute Gasteiger partial charge is 0.240 e. The van der Waals surface area contributed by atoms with E-state index in [-0.39, 0.29) is 9.62 Å². The molecule has 1 spiro atoms. The second-order valence-electron chi connectivity index (χ2n) is 5.80. The van der Waals surface area contributed by atoms with Crippen LogP contribution < -0.4 is 0 Å². The van der Waals surface area contributed by atoms with Crippen molar-refractivity contribution in [3.05, 3.63) is 35.9 Å². The second kappa shape index (κ2) is 3.32. The maximum absolute atomic E-state index is 12.7. The maximum Gasteiger partial charge on any atom is 0.240 e. The highest BCUT2D eigenvalue weighted by Gasteiger charge is 2.70. The van der Waals surface area contributed by atoms with E-state index in [0.717, 1.165) is 12.8 Å². The molecule has 1 aromatic rings. The first kappa shape index (κ1) is 10.9. The SMILES string of the molecule is CN1C(=O)C23CCCC2CC1(c1ccccc1)S3. The molecule has 1 amide bonds. The molecule has 0 radical (unpaired) electrons. The summed E-state index contributed by atoms with van der Waals surface area (Å²) >= 11 is 1.94. The summed E-state index contributed by atoms with van der Waals surface area (Å²) in [4.78, 5) is 14.6. The fraction of sp³-hybridized carbons (Fsp3) is 0.533. The predicted molar refractivity (Wildman–Crippen MR) is 73.2 cm³/mol. The van der Waals surface area contributed by atoms with Gasteiger partial charge in [0.1, 0.15) is 9.62 Å². The minimum Gasteiger partial charge on any atom is -0.326 e. The molecular weight excluding hydrogens is 242 g/mol. The highest BCUT2D eigenvalue weighted by molar-refractivity contribution is 8.03. The molecule has 94 valence electrons. The van der Waals surface area contributed by atoms with E-state index in [1.54, 1.807) is 0 Å². The number of carbonyl (C=O) groups excluding carboxylic acids is 1. The van der Waals surface area contributed by atoms with Crippen LogP contribution in [0, 0.1) is 5.92 Å². The molecule has 2 heterocycles. The summed E-state index contributed by atoms with van der Waals surface area (Å²) in [6.07, 6.45) is 4.69. The van der Waals surface area contributed by atoms with Crippen LogP contribution in [0.1, 0.15) is 31.2 Å². The fourth-order valence-corrected chi connectivity index (χ4v) is 6.37. The van der Waals surface area contributed by atoms with Crippen molar-refractivity contribution in [1.29, 1.82) is 0 Å². The summed E-state index contributed by atoms with van der Waals surface area (Å²) in [7, 11) is 1.99. The average Bonchev–Trinajstić information content (AvgIpc) is 2.99. The van der Waals surface area contributed by atoms with Gasteiger partial charge in [-0.2, -0.15) is 0 Å². The van der Waals surface area contributed by atoms with Gasteiger partial charge in [-0.3, -0.25) is 4.79 Å². The minimum atomic E-state index is -0.0799. The standard InChI is InChI=1S/C15H17NOS/c1-16-13(17)14-9-5-8-12(14)10-15(16,18-14)11-6-3-2-4-7-11/h2-4,6-7,12H,5,8-10H2,1H3. The van der Waals surface area contributed by atoms with Crippen molar-refractivity contribution in [2.24, 2.45) is 5.92 Å². The Morgan fingerprint density at radius 3 is 2.89 bits per heavy atom. The van der Waals surface area contributed by atoms with Gasteiger partial charge >= 0.3 is 0 Å². The Kier molecular flexibility index (Phi) is 2.02. The van der Waals surface area contributed by atoms with Gasteiger partial charge in [0, 0.05) is 7.05 Å². The summed E-state index contributed by atoms with van der Waals surface area (Å²) in [6, 6.07) is 10.6. The first-order chi connectivity index (χ1) is 8.69. The maximum atomic E-state index is 12.7. The van der Waals surface area contributed by atoms with Gasteiger partial charge < -0.3 is 4.90 Å². The Labute approximate surface area is 112 Å². The molecule has 3 unspecified atom stereocenters. The normalized spacial score (nSPS) is 41.5. The van der Waals surface area contributed by atoms with Crippen molar-refractivity contribution in [1.82, 2.24) is 4.90 Å². The van der Waals surface area contributed by atoms with E-state index in [1.165, 1.54) is 18.4 Å². The lowest BCUT2D eigenvalue weighted by atomic mass is 9.81. The van der Waals surface area contributed by atoms with E-state index in [2.05, 4.69) is 24.3 Å². The highest BCUT2D eigenvalue weighted by atomic mass is 32.2. The predicted octanol–water partition coefficient (Wildman–Crippen LogP) is 2.99. The largest absolute Gasteiger partial charge is 0.326 e. The van der Waals surface area contributed by atoms with Crippen LogP contribution in [0.15, 0.2) is 30.3 Å². The van der Waals surface area contributed by atoms with Gasteiger partial charge in [-0.15, -0.1) is 11.8 Å². The van der Waals surface area contributed by atoms with Gasteiger partial charge in [0.15, 0.2) is 0 Å². The summed E-state index contributed by atoms with van der Waals surface area (Å²) in [5.74, 6) is 0.983. The van der Waals surface area contributed by atoms with Crippen molar-refractivity contribution in [2.75, 3.05) is 7.05 Å². The molecule has 1 saturated carbocycles. The molecule has 1 aliphatic carbocycles. The van der Waals surface area contributed by atoms with Gasteiger partial charge in [-0.1, -0.05) is 36.8 Å². The number of thioether (sulfide) groups is 1. The molecule has 18 heavy (non-hydrogen) atoms. The first-order valence-corrected chi connectivity index (χ1v) is 7.55. The van der Waals surface area contributed by atoms with Crippen LogP contribution in [0.25, 0.3) is 0 Å². The van der Waals surface area contributed by atoms with Gasteiger partial charge in [-0.05, 0) is 30.7 Å². The van der Waals surface area contributed by atoms with Crippen LogP contribution >= 0.6 is 11.8 Å². The third-order valence-electron chi connectivity index (χ3n) is 5.07. The van der Waals surface area contributed by atoms with Crippen molar-refractivity contribution in [3.63, 3.8) is 0 Å². The molecule has 3 atom stereocenters. The topological polar surface area (TPSA) is 20.3 Å². The molecule has 0 N–H and O–H groups in total. The van der Waals surface area contributed by atoms with E-state index in [9.17, 15) is 4.79 Å². The molecule has 2 saturated heterocycles. The molecular formula is C15H17NOS. The van der Waals surface area contributed by atoms with Crippen LogP contribution in [-0.2, 0) is 9.67 Å². The summed E-state index contributed by atoms with van der Waals surface area (Å²) in [5.41, 5.74) is 1.30. The van der Waals surface area contributed by atoms with Crippen LogP contribution in [0.5, 0.6) is 0 Å². The zero-order valence-electron chi connectivity index (χ0n) is 10.6. The first-order valence-electron chi connectivity index (χ1n) is 6.73. The summed E-state index contributed by atoms with van der Waals surface area (Å²) in [6.45, 7) is 0. The Morgan fingerprint density at radius 2 is 2.11 bits per heavy atom. The summed E-state index contributed by atoms with van der Waals surface area (Å²) in [5, 5.41) is 0. The molecule has 2 nitrogen and oxygen atoms in total. The van der Waals surface area contributed by atoms with E-state index in [4.69, 9.17) is 0 Å². The molecule has 3 fully saturated rings. The van der Waals surface area contributed by atoms with Crippen LogP contribution in [-0.4, -0.2) is 22.6 Å². The number of fused-ring (bicyclic) bond motifs is 1. The van der Waals surface area contributed by atoms with Gasteiger partial charge in [0.25, 0.3) is 0 Å². The van der Waals surface area contributed by atoms with E-state index >= 15 is 0 Å². The molecule has 3 heteroatoms. The van der Waals surface area contributed by atoms with Crippen LogP contribution in [0.2, 0.25) is 0 Å². The molecule has 1 aromatic carbocycles. The Morgan fingerprint density at radius 1 is 1.33 bits per heavy atom. The van der Waals surface area contributed by atoms with Crippen molar-refractivity contribution in [2.45, 2.75) is 35.3 Å².